The number of ether oxygens (including phenoxy) is 1. The first-order valence-corrected chi connectivity index (χ1v) is 3.51. The third-order valence-electron chi connectivity index (χ3n) is 1.44. The summed E-state index contributed by atoms with van der Waals surface area (Å²) in [4.78, 5) is 10.5. The van der Waals surface area contributed by atoms with Crippen LogP contribution in [0.2, 0.25) is 0 Å². The Morgan fingerprint density at radius 1 is 1.50 bits per heavy atom. The van der Waals surface area contributed by atoms with E-state index in [2.05, 4.69) is 0 Å². The van der Waals surface area contributed by atoms with Crippen LogP contribution in [-0.4, -0.2) is 13.0 Å². The molecule has 1 aromatic carbocycles. The molecule has 1 rings (SSSR count). The van der Waals surface area contributed by atoms with Crippen LogP contribution in [0.25, 0.3) is 0 Å². The minimum absolute atomic E-state index is 0.473. The molecule has 0 aliphatic heterocycles. The minimum Gasteiger partial charge on any atom is -0.496 e. The van der Waals surface area contributed by atoms with Crippen molar-refractivity contribution in [2.75, 3.05) is 7.11 Å². The highest BCUT2D eigenvalue weighted by atomic mass is 16.5. The fraction of sp³-hybridized carbons (Fsp3) is 0.111. The molecule has 12 heavy (non-hydrogen) atoms. The van der Waals surface area contributed by atoms with E-state index in [0.717, 1.165) is 0 Å². The van der Waals surface area contributed by atoms with Gasteiger partial charge in [-0.1, -0.05) is 18.2 Å². The largest absolute Gasteiger partial charge is 0.496 e. The van der Waals surface area contributed by atoms with Gasteiger partial charge < -0.3 is 10.5 Å². The predicted molar refractivity (Wildman–Crippen MR) is 45.6 cm³/mol. The molecule has 1 amide bonds. The van der Waals surface area contributed by atoms with E-state index in [-0.39, 0.29) is 0 Å². The highest BCUT2D eigenvalue weighted by molar-refractivity contribution is 5.87. The summed E-state index contributed by atoms with van der Waals surface area (Å²) in [6.07, 6.45) is 1.33. The van der Waals surface area contributed by atoms with Crippen LogP contribution in [-0.2, 0) is 4.79 Å². The Bertz CT molecular complexity index is 284. The van der Waals surface area contributed by atoms with Crippen LogP contribution < -0.4 is 10.5 Å². The average Bonchev–Trinajstić information content (AvgIpc) is 2.04. The number of para-hydroxylation sites is 1. The summed E-state index contributed by atoms with van der Waals surface area (Å²) in [5, 5.41) is 0. The van der Waals surface area contributed by atoms with Gasteiger partial charge in [0, 0.05) is 5.56 Å². The molecule has 0 fully saturated rings. The van der Waals surface area contributed by atoms with E-state index in [9.17, 15) is 4.79 Å². The van der Waals surface area contributed by atoms with Crippen molar-refractivity contribution >= 4 is 5.91 Å². The van der Waals surface area contributed by atoms with Gasteiger partial charge in [-0.25, -0.2) is 0 Å². The summed E-state index contributed by atoms with van der Waals surface area (Å²) in [6, 6.07) is 7.19. The van der Waals surface area contributed by atoms with Crippen molar-refractivity contribution in [3.8, 4) is 5.75 Å². The SMILES string of the molecule is COc1ccccc1[CH]C(N)=O. The van der Waals surface area contributed by atoms with Gasteiger partial charge in [0.15, 0.2) is 0 Å². The Morgan fingerprint density at radius 2 is 2.17 bits per heavy atom. The number of primary amides is 1. The number of hydrogen-bond acceptors (Lipinski definition) is 2. The topological polar surface area (TPSA) is 52.3 Å². The minimum atomic E-state index is -0.473. The van der Waals surface area contributed by atoms with Crippen molar-refractivity contribution in [3.05, 3.63) is 36.2 Å². The lowest BCUT2D eigenvalue weighted by atomic mass is 10.1. The zero-order valence-electron chi connectivity index (χ0n) is 6.78. The highest BCUT2D eigenvalue weighted by Gasteiger charge is 2.04. The Labute approximate surface area is 71.1 Å². The third kappa shape index (κ3) is 1.99. The second kappa shape index (κ2) is 3.76. The molecule has 0 spiro atoms. The van der Waals surface area contributed by atoms with E-state index in [0.29, 0.717) is 11.3 Å². The molecule has 0 heterocycles. The molecule has 1 aromatic rings. The molecular weight excluding hydrogens is 154 g/mol. The summed E-state index contributed by atoms with van der Waals surface area (Å²) in [5.41, 5.74) is 5.70. The van der Waals surface area contributed by atoms with Crippen molar-refractivity contribution in [3.63, 3.8) is 0 Å². The molecule has 0 atom stereocenters. The number of nitrogens with two attached hydrogens (primary N) is 1. The fourth-order valence-electron chi connectivity index (χ4n) is 0.939. The maximum Gasteiger partial charge on any atom is 0.226 e. The number of hydrogen-bond donors (Lipinski definition) is 1. The van der Waals surface area contributed by atoms with E-state index >= 15 is 0 Å². The van der Waals surface area contributed by atoms with Gasteiger partial charge in [0.2, 0.25) is 5.91 Å². The third-order valence-corrected chi connectivity index (χ3v) is 1.44. The van der Waals surface area contributed by atoms with E-state index in [1.165, 1.54) is 6.42 Å². The molecule has 1 radical (unpaired) electrons. The Kier molecular flexibility index (Phi) is 2.69. The lowest BCUT2D eigenvalue weighted by Crippen LogP contribution is -2.11. The summed E-state index contributed by atoms with van der Waals surface area (Å²) in [6.45, 7) is 0. The smallest absolute Gasteiger partial charge is 0.226 e. The van der Waals surface area contributed by atoms with Crippen LogP contribution in [0.15, 0.2) is 24.3 Å². The first-order valence-electron chi connectivity index (χ1n) is 3.51. The number of carbonyl (C=O) groups is 1. The number of amides is 1. The number of methoxy groups -OCH3 is 1. The maximum absolute atomic E-state index is 10.5. The Hall–Kier alpha value is -1.51. The van der Waals surface area contributed by atoms with Gasteiger partial charge in [-0.15, -0.1) is 0 Å². The molecule has 0 aliphatic rings. The van der Waals surface area contributed by atoms with Gasteiger partial charge in [0.1, 0.15) is 5.75 Å². The number of carbonyl (C=O) groups excluding carboxylic acids is 1. The quantitative estimate of drug-likeness (QED) is 0.716. The molecule has 63 valence electrons. The van der Waals surface area contributed by atoms with Crippen LogP contribution in [0, 0.1) is 6.42 Å². The molecular formula is C9H10NO2. The molecule has 0 aromatic heterocycles. The van der Waals surface area contributed by atoms with Gasteiger partial charge in [-0.2, -0.15) is 0 Å². The van der Waals surface area contributed by atoms with Gasteiger partial charge in [0.25, 0.3) is 0 Å². The molecule has 0 aliphatic carbocycles. The molecule has 3 nitrogen and oxygen atoms in total. The van der Waals surface area contributed by atoms with Crippen molar-refractivity contribution in [1.29, 1.82) is 0 Å². The molecule has 3 heteroatoms. The van der Waals surface area contributed by atoms with Gasteiger partial charge in [0.05, 0.1) is 13.5 Å². The van der Waals surface area contributed by atoms with Crippen LogP contribution in [0.5, 0.6) is 5.75 Å². The molecule has 0 saturated heterocycles. The lowest BCUT2D eigenvalue weighted by molar-refractivity contribution is -0.114. The standard InChI is InChI=1S/C9H10NO2/c1-12-8-5-3-2-4-7(8)6-9(10)11/h2-6H,1H3,(H2,10,11). The van der Waals surface area contributed by atoms with Crippen LogP contribution >= 0.6 is 0 Å². The molecule has 2 N–H and O–H groups in total. The van der Waals surface area contributed by atoms with Gasteiger partial charge in [-0.05, 0) is 6.07 Å². The molecule has 0 unspecified atom stereocenters. The van der Waals surface area contributed by atoms with Gasteiger partial charge >= 0.3 is 0 Å². The fourth-order valence-corrected chi connectivity index (χ4v) is 0.939. The van der Waals surface area contributed by atoms with E-state index in [4.69, 9.17) is 10.5 Å². The van der Waals surface area contributed by atoms with Crippen molar-refractivity contribution in [2.45, 2.75) is 0 Å². The predicted octanol–water partition coefficient (Wildman–Crippen LogP) is 0.733. The van der Waals surface area contributed by atoms with Crippen LogP contribution in [0.3, 0.4) is 0 Å². The summed E-state index contributed by atoms with van der Waals surface area (Å²) in [7, 11) is 1.55. The lowest BCUT2D eigenvalue weighted by Gasteiger charge is -2.04. The maximum atomic E-state index is 10.5. The monoisotopic (exact) mass is 164 g/mol. The van der Waals surface area contributed by atoms with Crippen LogP contribution in [0.4, 0.5) is 0 Å². The molecule has 0 bridgehead atoms. The first kappa shape index (κ1) is 8.59. The number of rotatable bonds is 3. The molecule has 0 saturated carbocycles. The van der Waals surface area contributed by atoms with Crippen LogP contribution in [0.1, 0.15) is 5.56 Å². The highest BCUT2D eigenvalue weighted by Crippen LogP contribution is 2.18. The summed E-state index contributed by atoms with van der Waals surface area (Å²) in [5.74, 6) is 0.177. The Balaban J connectivity index is 2.89. The van der Waals surface area contributed by atoms with Crippen molar-refractivity contribution < 1.29 is 9.53 Å². The normalized spacial score (nSPS) is 9.42. The van der Waals surface area contributed by atoms with Crippen molar-refractivity contribution in [2.24, 2.45) is 5.73 Å². The summed E-state index contributed by atoms with van der Waals surface area (Å²) < 4.78 is 5.01. The zero-order chi connectivity index (χ0) is 8.97. The van der Waals surface area contributed by atoms with E-state index in [1.54, 1.807) is 19.2 Å². The second-order valence-corrected chi connectivity index (χ2v) is 2.29. The van der Waals surface area contributed by atoms with E-state index in [1.807, 2.05) is 12.1 Å². The van der Waals surface area contributed by atoms with E-state index < -0.39 is 5.91 Å². The number of benzene rings is 1. The second-order valence-electron chi connectivity index (χ2n) is 2.29. The average molecular weight is 164 g/mol. The summed E-state index contributed by atoms with van der Waals surface area (Å²) >= 11 is 0. The van der Waals surface area contributed by atoms with Crippen molar-refractivity contribution in [1.82, 2.24) is 0 Å². The first-order chi connectivity index (χ1) is 5.74. The Morgan fingerprint density at radius 3 is 2.75 bits per heavy atom. The van der Waals surface area contributed by atoms with Gasteiger partial charge in [-0.3, -0.25) is 4.79 Å². The zero-order valence-corrected chi connectivity index (χ0v) is 6.78.